The summed E-state index contributed by atoms with van der Waals surface area (Å²) < 4.78 is 5.53. The van der Waals surface area contributed by atoms with Gasteiger partial charge in [0.2, 0.25) is 0 Å². The SMILES string of the molecule is CCC[CH2][Sn]([CH2]CCC)([CH2]CCC)[c]1c[nH]c(-c2nc(C)cc(-c3ccc(Cl)c(Cl)c3)n2)n1. The van der Waals surface area contributed by atoms with Gasteiger partial charge >= 0.3 is 214 Å². The summed E-state index contributed by atoms with van der Waals surface area (Å²) in [5.74, 6) is 1.42. The normalized spacial score (nSPS) is 11.8. The topological polar surface area (TPSA) is 54.5 Å². The van der Waals surface area contributed by atoms with Crippen molar-refractivity contribution >= 4 is 45.3 Å². The van der Waals surface area contributed by atoms with Gasteiger partial charge in [-0.3, -0.25) is 0 Å². The van der Waals surface area contributed by atoms with Gasteiger partial charge in [-0.1, -0.05) is 0 Å². The molecule has 2 heterocycles. The molecule has 0 unspecified atom stereocenters. The van der Waals surface area contributed by atoms with Gasteiger partial charge in [0.15, 0.2) is 0 Å². The molecule has 1 aromatic carbocycles. The number of rotatable bonds is 12. The van der Waals surface area contributed by atoms with E-state index in [2.05, 4.69) is 32.0 Å². The van der Waals surface area contributed by atoms with E-state index in [1.165, 1.54) is 55.5 Å². The molecule has 0 saturated heterocycles. The number of imidazole rings is 1. The molecule has 0 saturated carbocycles. The molecule has 0 aliphatic heterocycles. The van der Waals surface area contributed by atoms with Crippen LogP contribution in [0, 0.1) is 6.92 Å². The van der Waals surface area contributed by atoms with Crippen LogP contribution in [-0.4, -0.2) is 38.3 Å². The monoisotopic (exact) mass is 594 g/mol. The molecule has 1 N–H and O–H groups in total. The Bertz CT molecular complexity index is 1030. The Hall–Kier alpha value is -1.11. The molecule has 0 bridgehead atoms. The Morgan fingerprint density at radius 1 is 0.818 bits per heavy atom. The van der Waals surface area contributed by atoms with Crippen molar-refractivity contribution < 1.29 is 0 Å². The van der Waals surface area contributed by atoms with Crippen molar-refractivity contribution in [1.29, 1.82) is 0 Å². The van der Waals surface area contributed by atoms with E-state index in [1.807, 2.05) is 25.1 Å². The van der Waals surface area contributed by atoms with E-state index in [9.17, 15) is 0 Å². The quantitative estimate of drug-likeness (QED) is 0.215. The molecule has 3 aromatic rings. The first-order valence-electron chi connectivity index (χ1n) is 12.3. The van der Waals surface area contributed by atoms with Gasteiger partial charge in [-0.05, 0) is 0 Å². The van der Waals surface area contributed by atoms with Crippen LogP contribution in [-0.2, 0) is 0 Å². The summed E-state index contributed by atoms with van der Waals surface area (Å²) in [5, 5.41) is 1.06. The summed E-state index contributed by atoms with van der Waals surface area (Å²) in [6, 6.07) is 7.57. The summed E-state index contributed by atoms with van der Waals surface area (Å²) in [7, 11) is 0. The zero-order valence-corrected chi connectivity index (χ0v) is 24.7. The van der Waals surface area contributed by atoms with Crippen molar-refractivity contribution in [1.82, 2.24) is 19.9 Å². The van der Waals surface area contributed by atoms with Crippen molar-refractivity contribution in [3.8, 4) is 22.9 Å². The van der Waals surface area contributed by atoms with Gasteiger partial charge in [0.1, 0.15) is 0 Å². The number of aryl methyl sites for hydroxylation is 1. The molecule has 0 aliphatic carbocycles. The fourth-order valence-corrected chi connectivity index (χ4v) is 20.0. The fraction of sp³-hybridized carbons (Fsp3) is 0.500. The second kappa shape index (κ2) is 12.6. The van der Waals surface area contributed by atoms with Crippen molar-refractivity contribution in [3.05, 3.63) is 46.2 Å². The Labute approximate surface area is 212 Å². The van der Waals surface area contributed by atoms with E-state index in [0.717, 1.165) is 22.8 Å². The van der Waals surface area contributed by atoms with Gasteiger partial charge in [-0.25, -0.2) is 0 Å². The molecule has 0 fully saturated rings. The van der Waals surface area contributed by atoms with Crippen LogP contribution in [0.5, 0.6) is 0 Å². The third kappa shape index (κ3) is 6.73. The Morgan fingerprint density at radius 2 is 1.45 bits per heavy atom. The number of aromatic nitrogens is 4. The van der Waals surface area contributed by atoms with E-state index in [1.54, 1.807) is 6.07 Å². The number of hydrogen-bond acceptors (Lipinski definition) is 3. The number of H-pyrrole nitrogens is 1. The Balaban J connectivity index is 2.00. The van der Waals surface area contributed by atoms with Crippen LogP contribution in [0.3, 0.4) is 0 Å². The molecule has 0 atom stereocenters. The third-order valence-corrected chi connectivity index (χ3v) is 22.2. The summed E-state index contributed by atoms with van der Waals surface area (Å²) in [5.41, 5.74) is 2.65. The third-order valence-electron chi connectivity index (χ3n) is 6.43. The van der Waals surface area contributed by atoms with Gasteiger partial charge in [0.05, 0.1) is 0 Å². The second-order valence-corrected chi connectivity index (χ2v) is 22.9. The van der Waals surface area contributed by atoms with Gasteiger partial charge in [0, 0.05) is 0 Å². The van der Waals surface area contributed by atoms with Crippen LogP contribution >= 0.6 is 23.2 Å². The Morgan fingerprint density at radius 3 is 2.03 bits per heavy atom. The van der Waals surface area contributed by atoms with E-state index < -0.39 is 18.4 Å². The number of nitrogens with zero attached hydrogens (tertiary/aromatic N) is 3. The van der Waals surface area contributed by atoms with Crippen molar-refractivity contribution in [2.45, 2.75) is 79.5 Å². The predicted octanol–water partition coefficient (Wildman–Crippen LogP) is 8.21. The van der Waals surface area contributed by atoms with E-state index in [-0.39, 0.29) is 0 Å². The summed E-state index contributed by atoms with van der Waals surface area (Å²) in [4.78, 5) is 18.2. The molecule has 0 radical (unpaired) electrons. The summed E-state index contributed by atoms with van der Waals surface area (Å²) in [6.45, 7) is 8.90. The number of unbranched alkanes of at least 4 members (excludes halogenated alkanes) is 3. The van der Waals surface area contributed by atoms with Crippen LogP contribution in [0.15, 0.2) is 30.5 Å². The van der Waals surface area contributed by atoms with E-state index >= 15 is 0 Å². The Kier molecular flexibility index (Phi) is 10.1. The van der Waals surface area contributed by atoms with Crippen LogP contribution in [0.25, 0.3) is 22.9 Å². The molecular weight excluding hydrogens is 558 g/mol. The summed E-state index contributed by atoms with van der Waals surface area (Å²) in [6.07, 6.45) is 9.89. The van der Waals surface area contributed by atoms with E-state index in [0.29, 0.717) is 15.9 Å². The van der Waals surface area contributed by atoms with Crippen LogP contribution in [0.2, 0.25) is 23.4 Å². The average molecular weight is 594 g/mol. The number of nitrogens with one attached hydrogen (secondary N) is 1. The number of hydrogen-bond donors (Lipinski definition) is 1. The molecular formula is C26H36Cl2N4Sn. The zero-order chi connectivity index (χ0) is 23.8. The minimum absolute atomic E-state index is 0.522. The maximum atomic E-state index is 6.25. The first-order chi connectivity index (χ1) is 15.9. The number of halogens is 2. The van der Waals surface area contributed by atoms with Crippen LogP contribution in [0.4, 0.5) is 0 Å². The molecule has 4 nitrogen and oxygen atoms in total. The van der Waals surface area contributed by atoms with Crippen LogP contribution < -0.4 is 3.71 Å². The molecule has 0 aliphatic rings. The van der Waals surface area contributed by atoms with E-state index in [4.69, 9.17) is 38.2 Å². The van der Waals surface area contributed by atoms with Crippen molar-refractivity contribution in [2.24, 2.45) is 0 Å². The van der Waals surface area contributed by atoms with Gasteiger partial charge in [-0.2, -0.15) is 0 Å². The molecule has 178 valence electrons. The molecule has 0 amide bonds. The predicted molar refractivity (Wildman–Crippen MR) is 144 cm³/mol. The average Bonchev–Trinajstić information content (AvgIpc) is 3.31. The summed E-state index contributed by atoms with van der Waals surface area (Å²) >= 11 is 9.76. The van der Waals surface area contributed by atoms with Crippen molar-refractivity contribution in [2.75, 3.05) is 0 Å². The van der Waals surface area contributed by atoms with Crippen molar-refractivity contribution in [3.63, 3.8) is 0 Å². The number of benzene rings is 1. The molecule has 0 spiro atoms. The standard InChI is InChI=1S/C14H9Cl2N4.3C4H9.Sn/c1-8-6-12(9-2-3-10(15)11(16)7-9)20-14(19-8)13-17-4-5-18-13;3*1-3-4-2;/h2-4,6-7H,1H3,(H,17,18);3*1,3-4H2,2H3;. The molecule has 2 aromatic heterocycles. The number of aromatic amines is 1. The molecule has 3 rings (SSSR count). The maximum absolute atomic E-state index is 6.25. The first-order valence-corrected chi connectivity index (χ1v) is 20.5. The van der Waals surface area contributed by atoms with Gasteiger partial charge in [0.25, 0.3) is 0 Å². The molecule has 33 heavy (non-hydrogen) atoms. The fourth-order valence-electron chi connectivity index (χ4n) is 4.49. The molecule has 7 heteroatoms. The zero-order valence-electron chi connectivity index (χ0n) is 20.3. The van der Waals surface area contributed by atoms with Crippen LogP contribution in [0.1, 0.15) is 65.0 Å². The second-order valence-electron chi connectivity index (χ2n) is 9.07. The minimum atomic E-state index is -2.60. The first kappa shape index (κ1) is 26.5. The van der Waals surface area contributed by atoms with Gasteiger partial charge < -0.3 is 0 Å². The van der Waals surface area contributed by atoms with Gasteiger partial charge in [-0.15, -0.1) is 0 Å².